The zero-order chi connectivity index (χ0) is 22.4. The molecule has 1 aliphatic heterocycles. The van der Waals surface area contributed by atoms with Gasteiger partial charge in [0.15, 0.2) is 0 Å². The first kappa shape index (κ1) is 22.7. The molecule has 1 amide bonds. The summed E-state index contributed by atoms with van der Waals surface area (Å²) in [4.78, 5) is 13.6. The first-order valence-corrected chi connectivity index (χ1v) is 13.1. The summed E-state index contributed by atoms with van der Waals surface area (Å²) in [5.74, 6) is -0.706. The van der Waals surface area contributed by atoms with E-state index in [2.05, 4.69) is 13.8 Å². The Balaban J connectivity index is 1.50. The minimum Gasteiger partial charge on any atom is -0.390 e. The summed E-state index contributed by atoms with van der Waals surface area (Å²) in [6.07, 6.45) is 2.73. The van der Waals surface area contributed by atoms with Gasteiger partial charge in [-0.15, -0.1) is 0 Å². The van der Waals surface area contributed by atoms with E-state index in [0.717, 1.165) is 24.8 Å². The Morgan fingerprint density at radius 1 is 1.29 bits per heavy atom. The second-order valence-corrected chi connectivity index (χ2v) is 12.1. The summed E-state index contributed by atoms with van der Waals surface area (Å²) in [5.41, 5.74) is 0.552. The van der Waals surface area contributed by atoms with Crippen LogP contribution in [-0.4, -0.2) is 48.2 Å². The van der Waals surface area contributed by atoms with E-state index in [1.807, 2.05) is 37.3 Å². The minimum atomic E-state index is -3.69. The molecule has 2 bridgehead atoms. The number of hydrogen-bond donors (Lipinski definition) is 1. The van der Waals surface area contributed by atoms with Crippen LogP contribution < -0.4 is 0 Å². The van der Waals surface area contributed by atoms with E-state index in [9.17, 15) is 18.3 Å². The van der Waals surface area contributed by atoms with Gasteiger partial charge in [-0.25, -0.2) is 12.7 Å². The van der Waals surface area contributed by atoms with Gasteiger partial charge in [0.25, 0.3) is 0 Å². The summed E-state index contributed by atoms with van der Waals surface area (Å²) in [6.45, 7) is 6.63. The highest BCUT2D eigenvalue weighted by Crippen LogP contribution is 2.70. The van der Waals surface area contributed by atoms with Crippen LogP contribution >= 0.6 is 0 Å². The van der Waals surface area contributed by atoms with Crippen LogP contribution in [-0.2, 0) is 26.2 Å². The fourth-order valence-electron chi connectivity index (χ4n) is 6.52. The molecule has 1 aromatic carbocycles. The van der Waals surface area contributed by atoms with E-state index in [1.165, 1.54) is 4.31 Å². The smallest absolute Gasteiger partial charge is 0.242 e. The summed E-state index contributed by atoms with van der Waals surface area (Å²) >= 11 is 0. The molecule has 6 nitrogen and oxygen atoms in total. The van der Waals surface area contributed by atoms with E-state index < -0.39 is 28.0 Å². The Morgan fingerprint density at radius 2 is 2.00 bits per heavy atom. The average Bonchev–Trinajstić information content (AvgIpc) is 3.20. The molecule has 172 valence electrons. The van der Waals surface area contributed by atoms with E-state index in [0.29, 0.717) is 25.4 Å². The topological polar surface area (TPSA) is 83.9 Å². The molecule has 0 unspecified atom stereocenters. The lowest BCUT2D eigenvalue weighted by molar-refractivity contribution is -0.139. The Kier molecular flexibility index (Phi) is 5.99. The third kappa shape index (κ3) is 3.62. The van der Waals surface area contributed by atoms with Crippen LogP contribution in [0.1, 0.15) is 58.4 Å². The van der Waals surface area contributed by atoms with Crippen molar-refractivity contribution in [2.75, 3.05) is 12.4 Å². The van der Waals surface area contributed by atoms with Gasteiger partial charge < -0.3 is 9.84 Å². The van der Waals surface area contributed by atoms with E-state index in [4.69, 9.17) is 4.74 Å². The molecule has 2 aliphatic carbocycles. The summed E-state index contributed by atoms with van der Waals surface area (Å²) in [5, 5.41) is 10.8. The average molecular weight is 450 g/mol. The Labute approximate surface area is 186 Å². The number of carbonyl (C=O) groups is 1. The zero-order valence-electron chi connectivity index (χ0n) is 18.8. The van der Waals surface area contributed by atoms with Crippen LogP contribution in [0.3, 0.4) is 0 Å². The van der Waals surface area contributed by atoms with Gasteiger partial charge in [-0.1, -0.05) is 57.5 Å². The van der Waals surface area contributed by atoms with Gasteiger partial charge in [-0.3, -0.25) is 4.79 Å². The number of benzene rings is 1. The number of sulfonamides is 1. The quantitative estimate of drug-likeness (QED) is 0.658. The molecular weight excluding hydrogens is 414 g/mol. The van der Waals surface area contributed by atoms with Crippen LogP contribution in [0.25, 0.3) is 0 Å². The SMILES string of the molecule is CCC[C@@H](C(=O)N1[C@@H]2C[C@H]3CC[C@]2(CS1(=O)=O)C3(C)C)[C@@H](O)COCc1ccccc1. The monoisotopic (exact) mass is 449 g/mol. The number of ether oxygens (including phenoxy) is 1. The molecule has 3 fully saturated rings. The molecule has 5 atom stereocenters. The molecule has 3 aliphatic rings. The van der Waals surface area contributed by atoms with Gasteiger partial charge in [0.1, 0.15) is 0 Å². The van der Waals surface area contributed by atoms with Gasteiger partial charge in [-0.2, -0.15) is 0 Å². The minimum absolute atomic E-state index is 0.00309. The molecule has 31 heavy (non-hydrogen) atoms. The molecular formula is C24H35NO5S. The second kappa shape index (κ2) is 8.16. The van der Waals surface area contributed by atoms with E-state index in [-0.39, 0.29) is 29.2 Å². The lowest BCUT2D eigenvalue weighted by Gasteiger charge is -2.37. The predicted octanol–water partition coefficient (Wildman–Crippen LogP) is 3.35. The van der Waals surface area contributed by atoms with Crippen LogP contribution in [0.2, 0.25) is 0 Å². The van der Waals surface area contributed by atoms with Crippen LogP contribution in [0.5, 0.6) is 0 Å². The highest BCUT2D eigenvalue weighted by molar-refractivity contribution is 7.90. The van der Waals surface area contributed by atoms with Crippen LogP contribution in [0, 0.1) is 22.7 Å². The molecule has 1 spiro atoms. The summed E-state index contributed by atoms with van der Waals surface area (Å²) in [6, 6.07) is 9.37. The molecule has 2 saturated carbocycles. The number of amides is 1. The van der Waals surface area contributed by atoms with Crippen molar-refractivity contribution in [1.82, 2.24) is 4.31 Å². The Morgan fingerprint density at radius 3 is 2.65 bits per heavy atom. The van der Waals surface area contributed by atoms with Crippen LogP contribution in [0.4, 0.5) is 0 Å². The number of aliphatic hydroxyl groups excluding tert-OH is 1. The first-order valence-electron chi connectivity index (χ1n) is 11.5. The van der Waals surface area contributed by atoms with Gasteiger partial charge in [0.05, 0.1) is 37.0 Å². The number of rotatable bonds is 8. The van der Waals surface area contributed by atoms with Gasteiger partial charge >= 0.3 is 0 Å². The number of fused-ring (bicyclic) bond motifs is 1. The molecule has 1 heterocycles. The standard InChI is InChI=1S/C24H35NO5S/c1-4-8-19(20(26)15-30-14-17-9-6-5-7-10-17)22(27)25-21-13-18-11-12-24(21,23(18,2)3)16-31(25,28)29/h5-7,9-10,18-21,26H,4,8,11-16H2,1-3H3/t18-,19-,20+,21-,24-/m1/s1. The van der Waals surface area contributed by atoms with Crippen molar-refractivity contribution in [3.63, 3.8) is 0 Å². The number of aliphatic hydroxyl groups is 1. The fraction of sp³-hybridized carbons (Fsp3) is 0.708. The molecule has 7 heteroatoms. The van der Waals surface area contributed by atoms with Crippen molar-refractivity contribution in [3.05, 3.63) is 35.9 Å². The summed E-state index contributed by atoms with van der Waals surface area (Å²) in [7, 11) is -3.69. The Bertz CT molecular complexity index is 915. The van der Waals surface area contributed by atoms with Gasteiger partial charge in [0.2, 0.25) is 15.9 Å². The maximum atomic E-state index is 13.6. The van der Waals surface area contributed by atoms with Gasteiger partial charge in [-0.05, 0) is 42.6 Å². The predicted molar refractivity (Wildman–Crippen MR) is 118 cm³/mol. The molecule has 0 aromatic heterocycles. The van der Waals surface area contributed by atoms with Gasteiger partial charge in [0, 0.05) is 5.41 Å². The largest absolute Gasteiger partial charge is 0.390 e. The van der Waals surface area contributed by atoms with E-state index in [1.54, 1.807) is 0 Å². The molecule has 0 radical (unpaired) electrons. The second-order valence-electron chi connectivity index (χ2n) is 10.2. The zero-order valence-corrected chi connectivity index (χ0v) is 19.6. The molecule has 1 saturated heterocycles. The van der Waals surface area contributed by atoms with Crippen molar-refractivity contribution in [2.24, 2.45) is 22.7 Å². The third-order valence-electron chi connectivity index (χ3n) is 8.41. The number of carbonyl (C=O) groups excluding carboxylic acids is 1. The highest BCUT2D eigenvalue weighted by Gasteiger charge is 2.72. The van der Waals surface area contributed by atoms with E-state index >= 15 is 0 Å². The van der Waals surface area contributed by atoms with Crippen molar-refractivity contribution in [1.29, 1.82) is 0 Å². The molecule has 1 aromatic rings. The normalized spacial score (nSPS) is 32.1. The lowest BCUT2D eigenvalue weighted by Crippen LogP contribution is -2.49. The number of nitrogens with zero attached hydrogens (tertiary/aromatic N) is 1. The number of hydrogen-bond acceptors (Lipinski definition) is 5. The Hall–Kier alpha value is -1.44. The van der Waals surface area contributed by atoms with Crippen molar-refractivity contribution >= 4 is 15.9 Å². The third-order valence-corrected chi connectivity index (χ3v) is 10.3. The van der Waals surface area contributed by atoms with Crippen LogP contribution in [0.15, 0.2) is 30.3 Å². The first-order chi connectivity index (χ1) is 14.6. The van der Waals surface area contributed by atoms with Crippen molar-refractivity contribution in [2.45, 2.75) is 71.6 Å². The maximum Gasteiger partial charge on any atom is 0.242 e. The maximum absolute atomic E-state index is 13.6. The summed E-state index contributed by atoms with van der Waals surface area (Å²) < 4.78 is 33.3. The molecule has 1 N–H and O–H groups in total. The fourth-order valence-corrected chi connectivity index (χ4v) is 9.11. The lowest BCUT2D eigenvalue weighted by atomic mass is 9.69. The highest BCUT2D eigenvalue weighted by atomic mass is 32.2. The molecule has 4 rings (SSSR count). The van der Waals surface area contributed by atoms with Crippen molar-refractivity contribution < 1.29 is 23.1 Å². The van der Waals surface area contributed by atoms with Crippen molar-refractivity contribution in [3.8, 4) is 0 Å².